The lowest BCUT2D eigenvalue weighted by Gasteiger charge is -2.45. The molecule has 0 bridgehead atoms. The Morgan fingerprint density at radius 3 is 2.24 bits per heavy atom. The molecule has 1 aliphatic carbocycles. The summed E-state index contributed by atoms with van der Waals surface area (Å²) in [5, 5.41) is 9.77. The molecular weight excluding hydrogens is 538 g/mol. The molecule has 2 saturated heterocycles. The number of nitrogens with zero attached hydrogens (tertiary/aromatic N) is 2. The Hall–Kier alpha value is -2.27. The number of benzene rings is 2. The Balaban J connectivity index is 1.49. The molecule has 3 fully saturated rings. The monoisotopic (exact) mass is 568 g/mol. The Morgan fingerprint density at radius 1 is 1.03 bits per heavy atom. The van der Waals surface area contributed by atoms with Crippen molar-refractivity contribution in [3.8, 4) is 0 Å². The van der Waals surface area contributed by atoms with Crippen LogP contribution in [0.1, 0.15) is 56.6 Å². The van der Waals surface area contributed by atoms with Crippen LogP contribution in [0, 0.1) is 17.6 Å². The molecule has 2 aliphatic heterocycles. The van der Waals surface area contributed by atoms with E-state index in [0.29, 0.717) is 63.1 Å². The maximum Gasteiger partial charge on any atom is 0.410 e. The molecule has 2 heterocycles. The van der Waals surface area contributed by atoms with Crippen LogP contribution >= 0.6 is 11.6 Å². The van der Waals surface area contributed by atoms with E-state index in [0.717, 1.165) is 18.2 Å². The van der Waals surface area contributed by atoms with Crippen molar-refractivity contribution in [2.45, 2.75) is 67.5 Å². The van der Waals surface area contributed by atoms with Crippen LogP contribution < -0.4 is 0 Å². The van der Waals surface area contributed by atoms with Crippen molar-refractivity contribution in [2.24, 2.45) is 5.92 Å². The number of aliphatic hydroxyl groups excluding tert-OH is 1. The number of likely N-dealkylation sites (tertiary alicyclic amines) is 1. The van der Waals surface area contributed by atoms with Crippen molar-refractivity contribution in [3.05, 3.63) is 64.7 Å². The minimum absolute atomic E-state index is 0.00359. The van der Waals surface area contributed by atoms with Gasteiger partial charge in [-0.25, -0.2) is 22.0 Å². The molecule has 5 rings (SSSR count). The van der Waals surface area contributed by atoms with Gasteiger partial charge in [0.1, 0.15) is 17.2 Å². The molecule has 2 atom stereocenters. The third kappa shape index (κ3) is 5.41. The number of carbonyl (C=O) groups excluding carboxylic acids is 1. The van der Waals surface area contributed by atoms with Crippen molar-refractivity contribution < 1.29 is 31.8 Å². The summed E-state index contributed by atoms with van der Waals surface area (Å²) in [7, 11) is -4.17. The third-order valence-corrected chi connectivity index (χ3v) is 10.2. The van der Waals surface area contributed by atoms with Crippen LogP contribution in [-0.4, -0.2) is 60.2 Å². The fourth-order valence-electron chi connectivity index (χ4n) is 5.78. The maximum atomic E-state index is 14.2. The summed E-state index contributed by atoms with van der Waals surface area (Å²) in [4.78, 5) is 14.8. The Morgan fingerprint density at radius 2 is 1.66 bits per heavy atom. The molecule has 0 radical (unpaired) electrons. The first-order valence-electron chi connectivity index (χ1n) is 13.0. The zero-order chi connectivity index (χ0) is 27.1. The van der Waals surface area contributed by atoms with E-state index in [1.165, 1.54) is 28.6 Å². The summed E-state index contributed by atoms with van der Waals surface area (Å²) in [5.41, 5.74) is -0.799. The number of sulfonamides is 1. The van der Waals surface area contributed by atoms with E-state index in [1.807, 2.05) is 0 Å². The highest BCUT2D eigenvalue weighted by Gasteiger charge is 2.60. The van der Waals surface area contributed by atoms with Gasteiger partial charge in [0, 0.05) is 30.8 Å². The fraction of sp³-hybridized carbons (Fsp3) is 0.519. The summed E-state index contributed by atoms with van der Waals surface area (Å²) < 4.78 is 64.1. The molecule has 206 valence electrons. The number of hydrogen-bond acceptors (Lipinski definition) is 5. The normalized spacial score (nSPS) is 24.3. The zero-order valence-corrected chi connectivity index (χ0v) is 22.4. The second kappa shape index (κ2) is 10.7. The second-order valence-electron chi connectivity index (χ2n) is 10.5. The van der Waals surface area contributed by atoms with Crippen LogP contribution in [0.3, 0.4) is 0 Å². The highest BCUT2D eigenvalue weighted by atomic mass is 35.5. The van der Waals surface area contributed by atoms with Crippen LogP contribution in [-0.2, 0) is 14.8 Å². The minimum atomic E-state index is -4.17. The lowest BCUT2D eigenvalue weighted by atomic mass is 9.90. The molecule has 1 amide bonds. The number of ether oxygens (including phenoxy) is 1. The topological polar surface area (TPSA) is 87.2 Å². The molecule has 0 spiro atoms. The van der Waals surface area contributed by atoms with E-state index in [-0.39, 0.29) is 23.0 Å². The Labute approximate surface area is 226 Å². The van der Waals surface area contributed by atoms with Gasteiger partial charge in [0.15, 0.2) is 0 Å². The van der Waals surface area contributed by atoms with E-state index >= 15 is 0 Å². The summed E-state index contributed by atoms with van der Waals surface area (Å²) >= 11 is 6.00. The Kier molecular flexibility index (Phi) is 7.70. The van der Waals surface area contributed by atoms with Crippen molar-refractivity contribution in [2.75, 3.05) is 19.7 Å². The molecule has 38 heavy (non-hydrogen) atoms. The van der Waals surface area contributed by atoms with E-state index in [1.54, 1.807) is 4.90 Å². The summed E-state index contributed by atoms with van der Waals surface area (Å²) in [6, 6.07) is 7.32. The van der Waals surface area contributed by atoms with Crippen molar-refractivity contribution in [1.29, 1.82) is 0 Å². The predicted molar refractivity (Wildman–Crippen MR) is 137 cm³/mol. The van der Waals surface area contributed by atoms with Gasteiger partial charge in [-0.15, -0.1) is 0 Å². The second-order valence-corrected chi connectivity index (χ2v) is 12.8. The van der Waals surface area contributed by atoms with Crippen LogP contribution in [0.4, 0.5) is 13.6 Å². The highest BCUT2D eigenvalue weighted by Crippen LogP contribution is 2.52. The number of carbonyl (C=O) groups is 1. The largest absolute Gasteiger partial charge is 0.441 e. The van der Waals surface area contributed by atoms with Crippen molar-refractivity contribution in [1.82, 2.24) is 9.21 Å². The zero-order valence-electron chi connectivity index (χ0n) is 20.9. The van der Waals surface area contributed by atoms with E-state index in [4.69, 9.17) is 16.3 Å². The lowest BCUT2D eigenvalue weighted by Crippen LogP contribution is -2.54. The van der Waals surface area contributed by atoms with Crippen LogP contribution in [0.5, 0.6) is 0 Å². The number of amides is 1. The predicted octanol–water partition coefficient (Wildman–Crippen LogP) is 5.28. The minimum Gasteiger partial charge on any atom is -0.441 e. The van der Waals surface area contributed by atoms with Gasteiger partial charge in [-0.05, 0) is 92.8 Å². The van der Waals surface area contributed by atoms with Crippen molar-refractivity contribution >= 4 is 27.7 Å². The molecule has 0 unspecified atom stereocenters. The molecule has 1 saturated carbocycles. The molecule has 2 aromatic rings. The number of halogens is 3. The van der Waals surface area contributed by atoms with E-state index < -0.39 is 45.4 Å². The summed E-state index contributed by atoms with van der Waals surface area (Å²) in [5.74, 6) is -1.42. The molecule has 3 aliphatic rings. The van der Waals surface area contributed by atoms with Gasteiger partial charge >= 0.3 is 6.09 Å². The van der Waals surface area contributed by atoms with Crippen LogP contribution in [0.25, 0.3) is 0 Å². The third-order valence-electron chi connectivity index (χ3n) is 8.00. The quantitative estimate of drug-likeness (QED) is 0.512. The summed E-state index contributed by atoms with van der Waals surface area (Å²) in [6.45, 7) is 1.00. The molecule has 1 N–H and O–H groups in total. The summed E-state index contributed by atoms with van der Waals surface area (Å²) in [6.07, 6.45) is 3.24. The van der Waals surface area contributed by atoms with Crippen LogP contribution in [0.2, 0.25) is 5.02 Å². The molecule has 0 aromatic heterocycles. The van der Waals surface area contributed by atoms with Gasteiger partial charge < -0.3 is 14.7 Å². The number of rotatable bonds is 6. The maximum absolute atomic E-state index is 14.2. The highest BCUT2D eigenvalue weighted by molar-refractivity contribution is 7.89. The number of piperidine rings is 2. The first-order valence-corrected chi connectivity index (χ1v) is 14.8. The van der Waals surface area contributed by atoms with Gasteiger partial charge in [-0.3, -0.25) is 0 Å². The van der Waals surface area contributed by atoms with Gasteiger partial charge in [0.05, 0.1) is 17.0 Å². The first-order chi connectivity index (χ1) is 18.1. The standard InChI is InChI=1S/C27H31ClF2N2O5S/c28-20-4-6-23(7-5-20)38(35,36)32-24(19-14-21(29)16-22(30)15-19)2-1-3-25(32)27(10-11-27)37-26(34)31-12-8-18(17-33)9-13-31/h4-7,14-16,18,24-25,33H,1-3,8-13,17H2/t24-,25+/m0/s1. The van der Waals surface area contributed by atoms with Gasteiger partial charge in [-0.1, -0.05) is 11.6 Å². The van der Waals surface area contributed by atoms with Gasteiger partial charge in [0.25, 0.3) is 0 Å². The molecule has 11 heteroatoms. The molecular formula is C27H31ClF2N2O5S. The fourth-order valence-corrected chi connectivity index (χ4v) is 7.82. The van der Waals surface area contributed by atoms with E-state index in [2.05, 4.69) is 0 Å². The lowest BCUT2D eigenvalue weighted by molar-refractivity contribution is -0.0133. The first kappa shape index (κ1) is 27.3. The Bertz CT molecular complexity index is 1260. The average molecular weight is 569 g/mol. The molecule has 7 nitrogen and oxygen atoms in total. The van der Waals surface area contributed by atoms with Gasteiger partial charge in [0.2, 0.25) is 10.0 Å². The smallest absolute Gasteiger partial charge is 0.410 e. The number of hydrogen-bond donors (Lipinski definition) is 1. The van der Waals surface area contributed by atoms with Gasteiger partial charge in [-0.2, -0.15) is 4.31 Å². The average Bonchev–Trinajstić information content (AvgIpc) is 3.68. The number of aliphatic hydroxyl groups is 1. The van der Waals surface area contributed by atoms with Crippen molar-refractivity contribution in [3.63, 3.8) is 0 Å². The SMILES string of the molecule is O=C(OC1([C@H]2CCC[C@@H](c3cc(F)cc(F)c3)N2S(=O)(=O)c2ccc(Cl)cc2)CC1)N1CCC(CO)CC1. The van der Waals surface area contributed by atoms with Crippen LogP contribution in [0.15, 0.2) is 47.4 Å². The van der Waals surface area contributed by atoms with E-state index in [9.17, 15) is 27.1 Å². The molecule has 2 aromatic carbocycles.